The number of nitrogens with zero attached hydrogens (tertiary/aromatic N) is 3. The Labute approximate surface area is 312 Å². The van der Waals surface area contributed by atoms with Gasteiger partial charge >= 0.3 is 11.9 Å². The molecule has 3 aromatic carbocycles. The Hall–Kier alpha value is -4.93. The molecular weight excluding hydrogens is 670 g/mol. The number of hydrogen-bond acceptors (Lipinski definition) is 9. The highest BCUT2D eigenvalue weighted by molar-refractivity contribution is 5.89. The number of methoxy groups -OCH3 is 1. The lowest BCUT2D eigenvalue weighted by Crippen LogP contribution is -2.35. The number of esters is 1. The first kappa shape index (κ1) is 37.8. The maximum atomic E-state index is 12.1. The number of aromatic nitrogens is 1. The molecule has 10 heteroatoms. The molecule has 53 heavy (non-hydrogen) atoms. The van der Waals surface area contributed by atoms with Gasteiger partial charge in [-0.2, -0.15) is 0 Å². The van der Waals surface area contributed by atoms with Gasteiger partial charge in [0.25, 0.3) is 0 Å². The number of carbonyl (C=O) groups is 2. The van der Waals surface area contributed by atoms with Gasteiger partial charge in [-0.15, -0.1) is 0 Å². The van der Waals surface area contributed by atoms with Crippen LogP contribution in [-0.4, -0.2) is 78.3 Å². The molecular formula is C43H51N3O7. The Bertz CT molecular complexity index is 1920. The zero-order valence-electron chi connectivity index (χ0n) is 31.4. The van der Waals surface area contributed by atoms with Gasteiger partial charge in [0.15, 0.2) is 0 Å². The summed E-state index contributed by atoms with van der Waals surface area (Å²) in [6.45, 7) is 12.2. The quantitative estimate of drug-likeness (QED) is 0.0944. The topological polar surface area (TPSA) is 111 Å². The lowest BCUT2D eigenvalue weighted by molar-refractivity contribution is -0.138. The number of carboxylic acid groups (broad SMARTS) is 1. The van der Waals surface area contributed by atoms with Crippen molar-refractivity contribution in [3.8, 4) is 28.4 Å². The van der Waals surface area contributed by atoms with Crippen molar-refractivity contribution in [2.75, 3.05) is 46.4 Å². The van der Waals surface area contributed by atoms with Crippen molar-refractivity contribution in [1.29, 1.82) is 0 Å². The maximum Gasteiger partial charge on any atom is 0.339 e. The predicted octanol–water partition coefficient (Wildman–Crippen LogP) is 7.18. The zero-order chi connectivity index (χ0) is 37.3. The molecule has 280 valence electrons. The van der Waals surface area contributed by atoms with Crippen molar-refractivity contribution in [1.82, 2.24) is 14.8 Å². The Balaban J connectivity index is 1.23. The van der Waals surface area contributed by atoms with Crippen LogP contribution in [0.2, 0.25) is 0 Å². The molecule has 2 aliphatic rings. The lowest BCUT2D eigenvalue weighted by Gasteiger charge is -2.31. The van der Waals surface area contributed by atoms with Gasteiger partial charge in [-0.05, 0) is 110 Å². The Morgan fingerprint density at radius 3 is 2.34 bits per heavy atom. The number of likely N-dealkylation sites (tertiary alicyclic amines) is 1. The molecule has 10 nitrogen and oxygen atoms in total. The molecule has 0 aliphatic carbocycles. The minimum absolute atomic E-state index is 0.0491. The minimum Gasteiger partial charge on any atom is -0.493 e. The molecule has 1 N–H and O–H groups in total. The molecule has 1 aromatic heterocycles. The Morgan fingerprint density at radius 1 is 0.830 bits per heavy atom. The van der Waals surface area contributed by atoms with Crippen LogP contribution in [0.3, 0.4) is 0 Å². The number of hydrogen-bond donors (Lipinski definition) is 1. The van der Waals surface area contributed by atoms with Crippen LogP contribution in [0.1, 0.15) is 75.5 Å². The van der Waals surface area contributed by atoms with E-state index in [1.165, 1.54) is 39.2 Å². The van der Waals surface area contributed by atoms with E-state index in [1.807, 2.05) is 11.0 Å². The van der Waals surface area contributed by atoms with Crippen LogP contribution in [-0.2, 0) is 42.1 Å². The van der Waals surface area contributed by atoms with Gasteiger partial charge in [0.05, 0.1) is 25.8 Å². The largest absolute Gasteiger partial charge is 0.493 e. The van der Waals surface area contributed by atoms with E-state index in [4.69, 9.17) is 18.9 Å². The first-order valence-corrected chi connectivity index (χ1v) is 18.7. The van der Waals surface area contributed by atoms with Crippen LogP contribution in [0, 0.1) is 13.8 Å². The SMILES string of the molecule is CCc1c(OCc2cccc(-c3cccc(OCCCN4CCCC4)c3C)c2C)cc(OCc2cncc(C(=O)OC)c2)c2c1CCN(CC(=O)O)C2. The van der Waals surface area contributed by atoms with Crippen LogP contribution >= 0.6 is 0 Å². The number of rotatable bonds is 16. The molecule has 4 aromatic rings. The second kappa shape index (κ2) is 17.7. The fourth-order valence-electron chi connectivity index (χ4n) is 7.58. The summed E-state index contributed by atoms with van der Waals surface area (Å²) >= 11 is 0. The van der Waals surface area contributed by atoms with E-state index in [2.05, 4.69) is 67.1 Å². The zero-order valence-corrected chi connectivity index (χ0v) is 31.4. The number of ether oxygens (including phenoxy) is 4. The summed E-state index contributed by atoms with van der Waals surface area (Å²) in [6, 6.07) is 16.3. The third-order valence-corrected chi connectivity index (χ3v) is 10.4. The number of carbonyl (C=O) groups excluding carboxylic acids is 1. The monoisotopic (exact) mass is 721 g/mol. The van der Waals surface area contributed by atoms with E-state index >= 15 is 0 Å². The second-order valence-corrected chi connectivity index (χ2v) is 13.9. The van der Waals surface area contributed by atoms with E-state index in [0.29, 0.717) is 49.6 Å². The molecule has 0 unspecified atom stereocenters. The molecule has 6 rings (SSSR count). The summed E-state index contributed by atoms with van der Waals surface area (Å²) in [4.78, 5) is 32.4. The predicted molar refractivity (Wildman–Crippen MR) is 204 cm³/mol. The minimum atomic E-state index is -0.864. The van der Waals surface area contributed by atoms with Crippen molar-refractivity contribution < 1.29 is 33.6 Å². The van der Waals surface area contributed by atoms with Crippen molar-refractivity contribution in [3.63, 3.8) is 0 Å². The van der Waals surface area contributed by atoms with Gasteiger partial charge < -0.3 is 29.0 Å². The van der Waals surface area contributed by atoms with Crippen molar-refractivity contribution in [3.05, 3.63) is 105 Å². The highest BCUT2D eigenvalue weighted by Crippen LogP contribution is 2.39. The Kier molecular flexibility index (Phi) is 12.6. The van der Waals surface area contributed by atoms with Gasteiger partial charge in [0.1, 0.15) is 30.5 Å². The summed E-state index contributed by atoms with van der Waals surface area (Å²) in [6.07, 6.45) is 8.18. The molecule has 2 aliphatic heterocycles. The van der Waals surface area contributed by atoms with Crippen LogP contribution in [0.25, 0.3) is 11.1 Å². The standard InChI is InChI=1S/C43H51N3O7/c1-5-34-37-15-19-46(26-42(47)48)25-38(37)41(52-27-31-21-33(24-44-23-31)43(49)50-4)22-40(34)53-28-32-11-8-12-35(29(32)2)36-13-9-14-39(30(36)3)51-20-10-18-45-16-6-7-17-45/h8-9,11-14,21-24H,5-7,10,15-20,25-28H2,1-4H3,(H,47,48). The third-order valence-electron chi connectivity index (χ3n) is 10.4. The van der Waals surface area contributed by atoms with E-state index < -0.39 is 11.9 Å². The van der Waals surface area contributed by atoms with E-state index in [1.54, 1.807) is 12.3 Å². The van der Waals surface area contributed by atoms with Gasteiger partial charge in [0.2, 0.25) is 0 Å². The summed E-state index contributed by atoms with van der Waals surface area (Å²) in [5, 5.41) is 9.53. The molecule has 0 saturated carbocycles. The van der Waals surface area contributed by atoms with Crippen molar-refractivity contribution in [2.24, 2.45) is 0 Å². The molecule has 0 spiro atoms. The number of benzene rings is 3. The fraction of sp³-hybridized carbons (Fsp3) is 0.419. The highest BCUT2D eigenvalue weighted by Gasteiger charge is 2.27. The molecule has 1 fully saturated rings. The molecule has 1 saturated heterocycles. The summed E-state index contributed by atoms with van der Waals surface area (Å²) in [5.41, 5.74) is 9.92. The first-order valence-electron chi connectivity index (χ1n) is 18.7. The molecule has 0 bridgehead atoms. The number of aliphatic carboxylic acids is 1. The molecule has 3 heterocycles. The number of pyridine rings is 1. The first-order chi connectivity index (χ1) is 25.7. The average molecular weight is 722 g/mol. The van der Waals surface area contributed by atoms with Crippen LogP contribution in [0.5, 0.6) is 17.2 Å². The van der Waals surface area contributed by atoms with E-state index in [-0.39, 0.29) is 13.2 Å². The smallest absolute Gasteiger partial charge is 0.339 e. The maximum absolute atomic E-state index is 12.1. The number of carboxylic acids is 1. The van der Waals surface area contributed by atoms with Gasteiger partial charge in [-0.25, -0.2) is 4.79 Å². The van der Waals surface area contributed by atoms with Gasteiger partial charge in [0, 0.05) is 49.2 Å². The van der Waals surface area contributed by atoms with Crippen molar-refractivity contribution in [2.45, 2.75) is 72.6 Å². The summed E-state index contributed by atoms with van der Waals surface area (Å²) in [5.74, 6) is 0.970. The molecule has 0 radical (unpaired) electrons. The van der Waals surface area contributed by atoms with Crippen LogP contribution in [0.15, 0.2) is 60.9 Å². The number of fused-ring (bicyclic) bond motifs is 1. The molecule has 0 amide bonds. The second-order valence-electron chi connectivity index (χ2n) is 13.9. The Morgan fingerprint density at radius 2 is 1.58 bits per heavy atom. The molecule has 0 atom stereocenters. The van der Waals surface area contributed by atoms with Crippen LogP contribution in [0.4, 0.5) is 0 Å². The van der Waals surface area contributed by atoms with Gasteiger partial charge in [-0.1, -0.05) is 37.3 Å². The third kappa shape index (κ3) is 9.18. The fourth-order valence-corrected chi connectivity index (χ4v) is 7.58. The van der Waals surface area contributed by atoms with Gasteiger partial charge in [-0.3, -0.25) is 14.7 Å². The summed E-state index contributed by atoms with van der Waals surface area (Å²) < 4.78 is 24.3. The lowest BCUT2D eigenvalue weighted by atomic mass is 9.91. The average Bonchev–Trinajstić information content (AvgIpc) is 3.69. The van der Waals surface area contributed by atoms with E-state index in [9.17, 15) is 14.7 Å². The van der Waals surface area contributed by atoms with Crippen LogP contribution < -0.4 is 14.2 Å². The van der Waals surface area contributed by atoms with Crippen molar-refractivity contribution >= 4 is 11.9 Å². The highest BCUT2D eigenvalue weighted by atomic mass is 16.5. The van der Waals surface area contributed by atoms with E-state index in [0.717, 1.165) is 75.4 Å². The summed E-state index contributed by atoms with van der Waals surface area (Å²) in [7, 11) is 1.33. The normalized spacial score (nSPS) is 14.5.